The number of rotatable bonds is 7. The largest absolute Gasteiger partial charge is 0.368 e. The molecule has 0 amide bonds. The van der Waals surface area contributed by atoms with E-state index in [0.29, 0.717) is 58.5 Å². The van der Waals surface area contributed by atoms with Crippen LogP contribution in [-0.4, -0.2) is 39.0 Å². The Balaban J connectivity index is 1.57. The van der Waals surface area contributed by atoms with Gasteiger partial charge in [-0.3, -0.25) is 4.79 Å². The first kappa shape index (κ1) is 20.3. The fourth-order valence-corrected chi connectivity index (χ4v) is 3.41. The number of carbonyl (C=O) groups excluding carboxylic acids is 1. The third-order valence-electron chi connectivity index (χ3n) is 4.68. The second-order valence-electron chi connectivity index (χ2n) is 6.85. The van der Waals surface area contributed by atoms with Crippen LogP contribution in [0.15, 0.2) is 48.8 Å². The molecule has 2 N–H and O–H groups in total. The van der Waals surface area contributed by atoms with Crippen molar-refractivity contribution in [3.8, 4) is 17.3 Å². The molecule has 31 heavy (non-hydrogen) atoms. The van der Waals surface area contributed by atoms with E-state index in [1.807, 2.05) is 31.2 Å². The van der Waals surface area contributed by atoms with E-state index in [4.69, 9.17) is 21.8 Å². The van der Waals surface area contributed by atoms with Gasteiger partial charge in [-0.1, -0.05) is 17.7 Å². The summed E-state index contributed by atoms with van der Waals surface area (Å²) in [5, 5.41) is 20.3. The fraction of sp³-hybridized carbons (Fsp3) is 0.136. The molecule has 154 valence electrons. The maximum atomic E-state index is 11.2. The van der Waals surface area contributed by atoms with Crippen molar-refractivity contribution in [1.29, 1.82) is 5.26 Å². The Morgan fingerprint density at radius 2 is 2.03 bits per heavy atom. The van der Waals surface area contributed by atoms with E-state index in [1.165, 1.54) is 6.20 Å². The predicted octanol–water partition coefficient (Wildman–Crippen LogP) is 3.96. The molecule has 0 atom stereocenters. The molecule has 3 heterocycles. The number of benzene rings is 1. The van der Waals surface area contributed by atoms with Crippen molar-refractivity contribution >= 4 is 35.0 Å². The molecule has 3 aromatic heterocycles. The summed E-state index contributed by atoms with van der Waals surface area (Å²) in [7, 11) is 0. The Morgan fingerprint density at radius 3 is 2.74 bits per heavy atom. The van der Waals surface area contributed by atoms with Crippen LogP contribution in [0, 0.1) is 18.3 Å². The van der Waals surface area contributed by atoms with Gasteiger partial charge in [0.1, 0.15) is 23.1 Å². The van der Waals surface area contributed by atoms with E-state index in [9.17, 15) is 4.79 Å². The molecule has 0 radical (unpaired) electrons. The number of aldehydes is 1. The molecule has 8 nitrogen and oxygen atoms in total. The zero-order valence-corrected chi connectivity index (χ0v) is 17.4. The first-order valence-electron chi connectivity index (χ1n) is 9.53. The molecule has 0 bridgehead atoms. The van der Waals surface area contributed by atoms with Crippen LogP contribution in [0.25, 0.3) is 16.8 Å². The lowest BCUT2D eigenvalue weighted by molar-refractivity contribution is 0.111. The number of carbonyl (C=O) groups is 1. The third-order valence-corrected chi connectivity index (χ3v) is 4.91. The van der Waals surface area contributed by atoms with Crippen molar-refractivity contribution < 1.29 is 4.79 Å². The number of hydrogen-bond acceptors (Lipinski definition) is 7. The Kier molecular flexibility index (Phi) is 5.78. The quantitative estimate of drug-likeness (QED) is 0.336. The molecule has 0 spiro atoms. The van der Waals surface area contributed by atoms with Crippen LogP contribution in [0.4, 0.5) is 11.6 Å². The summed E-state index contributed by atoms with van der Waals surface area (Å²) in [4.78, 5) is 20.2. The minimum Gasteiger partial charge on any atom is -0.368 e. The van der Waals surface area contributed by atoms with Gasteiger partial charge in [0.15, 0.2) is 12.1 Å². The number of nitrogens with zero attached hydrogens (tertiary/aromatic N) is 5. The highest BCUT2D eigenvalue weighted by atomic mass is 35.5. The zero-order valence-electron chi connectivity index (χ0n) is 16.6. The van der Waals surface area contributed by atoms with Gasteiger partial charge in [0.2, 0.25) is 0 Å². The lowest BCUT2D eigenvalue weighted by atomic mass is 10.1. The highest BCUT2D eigenvalue weighted by Gasteiger charge is 2.12. The molecule has 0 aliphatic rings. The second-order valence-corrected chi connectivity index (χ2v) is 7.28. The molecule has 9 heteroatoms. The summed E-state index contributed by atoms with van der Waals surface area (Å²) in [6.07, 6.45) is 4.02. The van der Waals surface area contributed by atoms with Gasteiger partial charge in [-0.25, -0.2) is 14.5 Å². The summed E-state index contributed by atoms with van der Waals surface area (Å²) in [6.45, 7) is 3.09. The average molecular weight is 432 g/mol. The third kappa shape index (κ3) is 4.47. The first-order valence-corrected chi connectivity index (χ1v) is 9.91. The van der Waals surface area contributed by atoms with Gasteiger partial charge in [0.05, 0.1) is 17.5 Å². The maximum Gasteiger partial charge on any atom is 0.170 e. The molecule has 0 saturated carbocycles. The van der Waals surface area contributed by atoms with Gasteiger partial charge in [-0.05, 0) is 42.8 Å². The molecule has 0 aliphatic carbocycles. The van der Waals surface area contributed by atoms with Gasteiger partial charge in [0.25, 0.3) is 0 Å². The normalized spacial score (nSPS) is 10.6. The number of hydrogen-bond donors (Lipinski definition) is 2. The van der Waals surface area contributed by atoms with Crippen LogP contribution in [-0.2, 0) is 0 Å². The molecule has 4 rings (SSSR count). The van der Waals surface area contributed by atoms with Gasteiger partial charge >= 0.3 is 0 Å². The maximum absolute atomic E-state index is 11.2. The molecular weight excluding hydrogens is 414 g/mol. The smallest absolute Gasteiger partial charge is 0.170 e. The number of aromatic nitrogens is 4. The van der Waals surface area contributed by atoms with Crippen molar-refractivity contribution in [3.05, 3.63) is 70.6 Å². The van der Waals surface area contributed by atoms with Gasteiger partial charge < -0.3 is 10.6 Å². The SMILES string of the molecule is Cc1cc(Cl)ccc1-c1cn2nc(C=O)cc2c(NCCNc2ccc(C#N)cn2)n1. The number of anilines is 2. The van der Waals surface area contributed by atoms with Crippen LogP contribution >= 0.6 is 11.6 Å². The van der Waals surface area contributed by atoms with Crippen molar-refractivity contribution in [1.82, 2.24) is 19.6 Å². The van der Waals surface area contributed by atoms with Crippen molar-refractivity contribution in [2.45, 2.75) is 6.92 Å². The highest BCUT2D eigenvalue weighted by Crippen LogP contribution is 2.27. The van der Waals surface area contributed by atoms with Crippen LogP contribution in [0.1, 0.15) is 21.6 Å². The van der Waals surface area contributed by atoms with E-state index in [1.54, 1.807) is 28.9 Å². The summed E-state index contributed by atoms with van der Waals surface area (Å²) in [5.41, 5.74) is 4.17. The Bertz CT molecular complexity index is 1290. The van der Waals surface area contributed by atoms with Gasteiger partial charge in [-0.2, -0.15) is 10.4 Å². The molecule has 4 aromatic rings. The van der Waals surface area contributed by atoms with Gasteiger partial charge in [-0.15, -0.1) is 0 Å². The molecule has 0 aliphatic heterocycles. The predicted molar refractivity (Wildman–Crippen MR) is 119 cm³/mol. The number of fused-ring (bicyclic) bond motifs is 1. The number of pyridine rings is 1. The number of halogens is 1. The van der Waals surface area contributed by atoms with E-state index in [-0.39, 0.29) is 0 Å². The Morgan fingerprint density at radius 1 is 1.19 bits per heavy atom. The summed E-state index contributed by atoms with van der Waals surface area (Å²) < 4.78 is 1.65. The summed E-state index contributed by atoms with van der Waals surface area (Å²) in [5.74, 6) is 1.29. The Hall–Kier alpha value is -3.96. The molecule has 0 unspecified atom stereocenters. The average Bonchev–Trinajstić information content (AvgIpc) is 3.20. The van der Waals surface area contributed by atoms with E-state index in [2.05, 4.69) is 20.7 Å². The molecule has 0 saturated heterocycles. The van der Waals surface area contributed by atoms with Crippen molar-refractivity contribution in [2.24, 2.45) is 0 Å². The monoisotopic (exact) mass is 431 g/mol. The minimum absolute atomic E-state index is 0.328. The van der Waals surface area contributed by atoms with E-state index in [0.717, 1.165) is 11.1 Å². The molecule has 1 aromatic carbocycles. The van der Waals surface area contributed by atoms with Gasteiger partial charge in [0, 0.05) is 29.9 Å². The first-order chi connectivity index (χ1) is 15.1. The van der Waals surface area contributed by atoms with Crippen molar-refractivity contribution in [3.63, 3.8) is 0 Å². The lowest BCUT2D eigenvalue weighted by Crippen LogP contribution is -2.15. The highest BCUT2D eigenvalue weighted by molar-refractivity contribution is 6.30. The summed E-state index contributed by atoms with van der Waals surface area (Å²) in [6, 6.07) is 12.8. The number of aryl methyl sites for hydroxylation is 1. The van der Waals surface area contributed by atoms with E-state index < -0.39 is 0 Å². The standard InChI is InChI=1S/C22H18ClN7O/c1-14-8-16(23)3-4-18(14)19-12-30-20(9-17(13-31)29-30)22(28-19)26-7-6-25-21-5-2-15(10-24)11-27-21/h2-5,8-9,11-13H,6-7H2,1H3,(H,25,27)(H,26,28). The van der Waals surface area contributed by atoms with Crippen LogP contribution < -0.4 is 10.6 Å². The topological polar surface area (TPSA) is 108 Å². The van der Waals surface area contributed by atoms with Crippen LogP contribution in [0.5, 0.6) is 0 Å². The second kappa shape index (κ2) is 8.81. The molecular formula is C22H18ClN7O. The van der Waals surface area contributed by atoms with Crippen LogP contribution in [0.3, 0.4) is 0 Å². The van der Waals surface area contributed by atoms with E-state index >= 15 is 0 Å². The van der Waals surface area contributed by atoms with Crippen LogP contribution in [0.2, 0.25) is 5.02 Å². The Labute approximate surface area is 183 Å². The number of nitriles is 1. The lowest BCUT2D eigenvalue weighted by Gasteiger charge is -2.12. The summed E-state index contributed by atoms with van der Waals surface area (Å²) >= 11 is 6.09. The fourth-order valence-electron chi connectivity index (χ4n) is 3.18. The van der Waals surface area contributed by atoms with Crippen molar-refractivity contribution in [2.75, 3.05) is 23.7 Å². The zero-order chi connectivity index (χ0) is 21.8. The number of nitrogens with one attached hydrogen (secondary N) is 2. The molecule has 0 fully saturated rings. The minimum atomic E-state index is 0.328.